The average Bonchev–Trinajstić information content (AvgIpc) is 2.81. The Morgan fingerprint density at radius 3 is 2.89 bits per heavy atom. The van der Waals surface area contributed by atoms with Gasteiger partial charge in [0.2, 0.25) is 0 Å². The summed E-state index contributed by atoms with van der Waals surface area (Å²) in [7, 11) is 3.47. The van der Waals surface area contributed by atoms with Gasteiger partial charge in [-0.25, -0.2) is 0 Å². The number of amides is 1. The molecule has 2 rings (SSSR count). The van der Waals surface area contributed by atoms with Gasteiger partial charge in [0.05, 0.1) is 16.3 Å². The van der Waals surface area contributed by atoms with Crippen LogP contribution in [0.2, 0.25) is 0 Å². The van der Waals surface area contributed by atoms with Crippen LogP contribution in [0.25, 0.3) is 10.1 Å². The molecule has 1 aromatic heterocycles. The van der Waals surface area contributed by atoms with Crippen molar-refractivity contribution >= 4 is 43.3 Å². The maximum atomic E-state index is 12.3. The van der Waals surface area contributed by atoms with Gasteiger partial charge in [-0.15, -0.1) is 11.3 Å². The highest BCUT2D eigenvalue weighted by Crippen LogP contribution is 2.26. The van der Waals surface area contributed by atoms with Crippen molar-refractivity contribution in [3.05, 3.63) is 35.2 Å². The summed E-state index contributed by atoms with van der Waals surface area (Å²) in [4.78, 5) is 15.0. The van der Waals surface area contributed by atoms with Crippen molar-refractivity contribution in [2.24, 2.45) is 0 Å². The number of benzene rings is 1. The molecule has 102 valence electrons. The topological polar surface area (TPSA) is 29.5 Å². The summed E-state index contributed by atoms with van der Waals surface area (Å²) in [6.07, 6.45) is 0. The van der Waals surface area contributed by atoms with Crippen molar-refractivity contribution in [1.82, 2.24) is 4.90 Å². The highest BCUT2D eigenvalue weighted by molar-refractivity contribution is 9.09. The standard InChI is InChI=1S/C14H16BrNO2S/c1-16(8-11(15)9-18-2)14(17)13-7-10-5-3-4-6-12(10)19-13/h3-7,11H,8-9H2,1-2H3. The van der Waals surface area contributed by atoms with Crippen LogP contribution in [0.15, 0.2) is 30.3 Å². The van der Waals surface area contributed by atoms with Gasteiger partial charge in [-0.1, -0.05) is 34.1 Å². The number of thiophene rings is 1. The molecule has 0 aliphatic carbocycles. The molecule has 5 heteroatoms. The molecule has 1 amide bonds. The van der Waals surface area contributed by atoms with Gasteiger partial charge in [-0.05, 0) is 17.5 Å². The molecule has 1 heterocycles. The van der Waals surface area contributed by atoms with Crippen LogP contribution in [0.4, 0.5) is 0 Å². The van der Waals surface area contributed by atoms with Crippen molar-refractivity contribution in [1.29, 1.82) is 0 Å². The maximum absolute atomic E-state index is 12.3. The highest BCUT2D eigenvalue weighted by atomic mass is 79.9. The Balaban J connectivity index is 2.10. The summed E-state index contributed by atoms with van der Waals surface area (Å²) in [5.41, 5.74) is 0. The van der Waals surface area contributed by atoms with Crippen LogP contribution >= 0.6 is 27.3 Å². The second-order valence-corrected chi connectivity index (χ2v) is 6.77. The molecule has 0 saturated carbocycles. The lowest BCUT2D eigenvalue weighted by Gasteiger charge is -2.19. The van der Waals surface area contributed by atoms with Crippen LogP contribution in [-0.4, -0.2) is 42.9 Å². The number of hydrogen-bond donors (Lipinski definition) is 0. The van der Waals surface area contributed by atoms with Gasteiger partial charge >= 0.3 is 0 Å². The minimum Gasteiger partial charge on any atom is -0.383 e. The maximum Gasteiger partial charge on any atom is 0.263 e. The summed E-state index contributed by atoms with van der Waals surface area (Å²) in [5, 5.41) is 1.12. The van der Waals surface area contributed by atoms with Crippen molar-refractivity contribution in [3.63, 3.8) is 0 Å². The van der Waals surface area contributed by atoms with Crippen molar-refractivity contribution in [2.45, 2.75) is 4.83 Å². The molecule has 0 spiro atoms. The van der Waals surface area contributed by atoms with Crippen molar-refractivity contribution < 1.29 is 9.53 Å². The number of nitrogens with zero attached hydrogens (tertiary/aromatic N) is 1. The second-order valence-electron chi connectivity index (χ2n) is 4.39. The molecule has 1 unspecified atom stereocenters. The number of rotatable bonds is 5. The Kier molecular flexibility index (Phi) is 4.96. The van der Waals surface area contributed by atoms with Gasteiger partial charge < -0.3 is 9.64 Å². The van der Waals surface area contributed by atoms with E-state index in [-0.39, 0.29) is 10.7 Å². The summed E-state index contributed by atoms with van der Waals surface area (Å²) >= 11 is 5.04. The van der Waals surface area contributed by atoms with E-state index < -0.39 is 0 Å². The van der Waals surface area contributed by atoms with E-state index in [1.807, 2.05) is 37.4 Å². The Morgan fingerprint density at radius 1 is 1.47 bits per heavy atom. The first kappa shape index (κ1) is 14.5. The SMILES string of the molecule is COCC(Br)CN(C)C(=O)c1cc2ccccc2s1. The molecule has 19 heavy (non-hydrogen) atoms. The van der Waals surface area contributed by atoms with Crippen LogP contribution in [0.1, 0.15) is 9.67 Å². The second kappa shape index (κ2) is 6.50. The molecule has 0 N–H and O–H groups in total. The van der Waals surface area contributed by atoms with Crippen LogP contribution in [-0.2, 0) is 4.74 Å². The Hall–Kier alpha value is -0.910. The number of alkyl halides is 1. The number of methoxy groups -OCH3 is 1. The third-order valence-corrected chi connectivity index (χ3v) is 4.46. The number of hydrogen-bond acceptors (Lipinski definition) is 3. The number of fused-ring (bicyclic) bond motifs is 1. The fourth-order valence-corrected chi connectivity index (χ4v) is 3.65. The summed E-state index contributed by atoms with van der Waals surface area (Å²) in [5.74, 6) is 0.0572. The molecule has 0 bridgehead atoms. The lowest BCUT2D eigenvalue weighted by Crippen LogP contribution is -2.33. The van der Waals surface area contributed by atoms with Crippen molar-refractivity contribution in [3.8, 4) is 0 Å². The molecule has 0 fully saturated rings. The average molecular weight is 342 g/mol. The molecular formula is C14H16BrNO2S. The largest absolute Gasteiger partial charge is 0.383 e. The minimum absolute atomic E-state index is 0.0572. The lowest BCUT2D eigenvalue weighted by atomic mass is 10.2. The van der Waals surface area contributed by atoms with Gasteiger partial charge in [0, 0.05) is 25.4 Å². The van der Waals surface area contributed by atoms with Gasteiger partial charge in [0.1, 0.15) is 0 Å². The summed E-state index contributed by atoms with van der Waals surface area (Å²) in [6, 6.07) is 10.00. The third kappa shape index (κ3) is 3.55. The zero-order valence-electron chi connectivity index (χ0n) is 10.9. The third-order valence-electron chi connectivity index (χ3n) is 2.80. The van der Waals surface area contributed by atoms with E-state index in [0.717, 1.165) is 15.0 Å². The van der Waals surface area contributed by atoms with E-state index in [9.17, 15) is 4.79 Å². The van der Waals surface area contributed by atoms with Gasteiger partial charge in [-0.3, -0.25) is 4.79 Å². The summed E-state index contributed by atoms with van der Waals surface area (Å²) in [6.45, 7) is 1.21. The molecule has 3 nitrogen and oxygen atoms in total. The molecule has 1 aromatic carbocycles. The van der Waals surface area contributed by atoms with Gasteiger partial charge in [0.15, 0.2) is 0 Å². The Bertz CT molecular complexity index is 536. The zero-order valence-corrected chi connectivity index (χ0v) is 13.3. The zero-order chi connectivity index (χ0) is 13.8. The number of halogens is 1. The molecule has 0 radical (unpaired) electrons. The quantitative estimate of drug-likeness (QED) is 0.780. The molecule has 0 aliphatic rings. The normalized spacial score (nSPS) is 12.6. The fourth-order valence-electron chi connectivity index (χ4n) is 1.89. The molecular weight excluding hydrogens is 326 g/mol. The summed E-state index contributed by atoms with van der Waals surface area (Å²) < 4.78 is 6.20. The van der Waals surface area contributed by atoms with Gasteiger partial charge in [0.25, 0.3) is 5.91 Å². The van der Waals surface area contributed by atoms with Crippen LogP contribution in [0.3, 0.4) is 0 Å². The first-order valence-corrected chi connectivity index (χ1v) is 7.72. The Labute approximate surface area is 125 Å². The molecule has 1 atom stereocenters. The van der Waals surface area contributed by atoms with Crippen molar-refractivity contribution in [2.75, 3.05) is 27.3 Å². The van der Waals surface area contributed by atoms with Gasteiger partial charge in [-0.2, -0.15) is 0 Å². The Morgan fingerprint density at radius 2 is 2.21 bits per heavy atom. The molecule has 0 aliphatic heterocycles. The van der Waals surface area contributed by atoms with Crippen LogP contribution in [0, 0.1) is 0 Å². The number of carbonyl (C=O) groups excluding carboxylic acids is 1. The fraction of sp³-hybridized carbons (Fsp3) is 0.357. The monoisotopic (exact) mass is 341 g/mol. The molecule has 2 aromatic rings. The predicted molar refractivity (Wildman–Crippen MR) is 83.4 cm³/mol. The predicted octanol–water partition coefficient (Wildman–Crippen LogP) is 3.38. The first-order chi connectivity index (χ1) is 9.11. The van der Waals surface area contributed by atoms with E-state index in [1.54, 1.807) is 12.0 Å². The van der Waals surface area contributed by atoms with E-state index in [4.69, 9.17) is 4.74 Å². The van der Waals surface area contributed by atoms with Crippen LogP contribution < -0.4 is 0 Å². The molecule has 0 saturated heterocycles. The lowest BCUT2D eigenvalue weighted by molar-refractivity contribution is 0.0789. The van der Waals surface area contributed by atoms with Crippen LogP contribution in [0.5, 0.6) is 0 Å². The van der Waals surface area contributed by atoms with E-state index >= 15 is 0 Å². The van der Waals surface area contributed by atoms with E-state index in [1.165, 1.54) is 11.3 Å². The number of carbonyl (C=O) groups is 1. The number of ether oxygens (including phenoxy) is 1. The first-order valence-electron chi connectivity index (χ1n) is 5.99. The smallest absolute Gasteiger partial charge is 0.263 e. The van der Waals surface area contributed by atoms with E-state index in [0.29, 0.717) is 13.2 Å². The highest BCUT2D eigenvalue weighted by Gasteiger charge is 2.17. The van der Waals surface area contributed by atoms with E-state index in [2.05, 4.69) is 15.9 Å². The minimum atomic E-state index is 0.0572.